The summed E-state index contributed by atoms with van der Waals surface area (Å²) in [4.78, 5) is 17.4. The second-order valence-electron chi connectivity index (χ2n) is 7.07. The third kappa shape index (κ3) is 3.78. The van der Waals surface area contributed by atoms with Gasteiger partial charge in [-0.2, -0.15) is 4.98 Å². The Labute approximate surface area is 146 Å². The molecule has 2 aromatic rings. The summed E-state index contributed by atoms with van der Waals surface area (Å²) < 4.78 is 19.0. The van der Waals surface area contributed by atoms with E-state index in [1.54, 1.807) is 6.92 Å². The van der Waals surface area contributed by atoms with E-state index in [4.69, 9.17) is 4.52 Å². The minimum absolute atomic E-state index is 0.0955. The summed E-state index contributed by atoms with van der Waals surface area (Å²) in [5, 5.41) is 3.93. The molecule has 0 radical (unpaired) electrons. The van der Waals surface area contributed by atoms with Crippen LogP contribution >= 0.6 is 0 Å². The van der Waals surface area contributed by atoms with Gasteiger partial charge in [-0.25, -0.2) is 14.4 Å². The number of aryl methyl sites for hydroxylation is 1. The van der Waals surface area contributed by atoms with E-state index >= 15 is 0 Å². The molecule has 2 fully saturated rings. The molecular weight excluding hydrogens is 323 g/mol. The van der Waals surface area contributed by atoms with Gasteiger partial charge >= 0.3 is 0 Å². The summed E-state index contributed by atoms with van der Waals surface area (Å²) in [6.45, 7) is 3.38. The summed E-state index contributed by atoms with van der Waals surface area (Å²) >= 11 is 0. The fourth-order valence-electron chi connectivity index (χ4n) is 3.42. The Morgan fingerprint density at radius 2 is 2.20 bits per heavy atom. The summed E-state index contributed by atoms with van der Waals surface area (Å²) in [6, 6.07) is 2.01. The van der Waals surface area contributed by atoms with Crippen molar-refractivity contribution in [1.29, 1.82) is 0 Å². The first-order valence-electron chi connectivity index (χ1n) is 8.80. The van der Waals surface area contributed by atoms with E-state index in [0.29, 0.717) is 43.7 Å². The molecule has 0 bridgehead atoms. The first-order valence-corrected chi connectivity index (χ1v) is 8.80. The molecule has 0 aromatic carbocycles. The topological polar surface area (TPSA) is 71.2 Å². The summed E-state index contributed by atoms with van der Waals surface area (Å²) in [5.41, 5.74) is 0. The van der Waals surface area contributed by atoms with E-state index in [9.17, 15) is 4.39 Å². The lowest BCUT2D eigenvalue weighted by atomic mass is 10.2. The fraction of sp³-hybridized carbons (Fsp3) is 0.647. The van der Waals surface area contributed by atoms with Crippen LogP contribution in [0.25, 0.3) is 0 Å². The Hall–Kier alpha value is -2.09. The Balaban J connectivity index is 1.43. The van der Waals surface area contributed by atoms with Gasteiger partial charge in [0.25, 0.3) is 0 Å². The van der Waals surface area contributed by atoms with Crippen LogP contribution in [0.1, 0.15) is 42.7 Å². The molecule has 0 N–H and O–H groups in total. The van der Waals surface area contributed by atoms with Gasteiger partial charge in [-0.3, -0.25) is 4.90 Å². The SMILES string of the molecule is Cc1nc(CN2C[C@@H](F)C[C@H]2CN(C)c2ccnc(C3CC3)n2)no1. The minimum Gasteiger partial charge on any atom is -0.358 e. The van der Waals surface area contributed by atoms with Crippen molar-refractivity contribution in [2.75, 3.05) is 25.0 Å². The first kappa shape index (κ1) is 16.4. The van der Waals surface area contributed by atoms with E-state index in [0.717, 1.165) is 11.6 Å². The van der Waals surface area contributed by atoms with Gasteiger partial charge in [-0.05, 0) is 25.3 Å². The quantitative estimate of drug-likeness (QED) is 0.793. The second-order valence-corrected chi connectivity index (χ2v) is 7.07. The molecule has 1 aliphatic carbocycles. The van der Waals surface area contributed by atoms with Crippen LogP contribution in [0.4, 0.5) is 10.2 Å². The predicted molar refractivity (Wildman–Crippen MR) is 90.0 cm³/mol. The fourth-order valence-corrected chi connectivity index (χ4v) is 3.42. The van der Waals surface area contributed by atoms with Crippen LogP contribution in [0.15, 0.2) is 16.8 Å². The lowest BCUT2D eigenvalue weighted by molar-refractivity contribution is 0.228. The smallest absolute Gasteiger partial charge is 0.223 e. The number of rotatable bonds is 6. The molecule has 4 rings (SSSR count). The number of nitrogens with zero attached hydrogens (tertiary/aromatic N) is 6. The zero-order chi connectivity index (χ0) is 17.4. The van der Waals surface area contributed by atoms with Gasteiger partial charge in [0.05, 0.1) is 6.54 Å². The van der Waals surface area contributed by atoms with Crippen LogP contribution in [0.5, 0.6) is 0 Å². The Bertz CT molecular complexity index is 733. The van der Waals surface area contributed by atoms with Crippen LogP contribution in [0.3, 0.4) is 0 Å². The highest BCUT2D eigenvalue weighted by atomic mass is 19.1. The van der Waals surface area contributed by atoms with Gasteiger partial charge < -0.3 is 9.42 Å². The minimum atomic E-state index is -0.821. The molecule has 1 saturated carbocycles. The normalized spacial score (nSPS) is 24.0. The lowest BCUT2D eigenvalue weighted by Gasteiger charge is -2.28. The van der Waals surface area contributed by atoms with Gasteiger partial charge in [0.2, 0.25) is 5.89 Å². The molecule has 2 aliphatic rings. The highest BCUT2D eigenvalue weighted by Gasteiger charge is 2.34. The highest BCUT2D eigenvalue weighted by molar-refractivity contribution is 5.37. The number of anilines is 1. The van der Waals surface area contributed by atoms with Crippen LogP contribution in [-0.4, -0.2) is 57.4 Å². The number of hydrogen-bond donors (Lipinski definition) is 0. The first-order chi connectivity index (χ1) is 12.1. The van der Waals surface area contributed by atoms with E-state index in [1.807, 2.05) is 19.3 Å². The van der Waals surface area contributed by atoms with Crippen molar-refractivity contribution in [3.63, 3.8) is 0 Å². The largest absolute Gasteiger partial charge is 0.358 e. The van der Waals surface area contributed by atoms with Crippen molar-refractivity contribution in [2.24, 2.45) is 0 Å². The van der Waals surface area contributed by atoms with Crippen molar-refractivity contribution in [2.45, 2.75) is 50.9 Å². The van der Waals surface area contributed by atoms with Crippen LogP contribution in [0, 0.1) is 6.92 Å². The maximum absolute atomic E-state index is 14.0. The number of likely N-dealkylation sites (tertiary alicyclic amines) is 1. The zero-order valence-electron chi connectivity index (χ0n) is 14.6. The number of hydrogen-bond acceptors (Lipinski definition) is 7. The molecule has 3 heterocycles. The highest BCUT2D eigenvalue weighted by Crippen LogP contribution is 2.38. The van der Waals surface area contributed by atoms with Gasteiger partial charge in [-0.1, -0.05) is 5.16 Å². The molecular formula is C17H23FN6O. The summed E-state index contributed by atoms with van der Waals surface area (Å²) in [7, 11) is 2.00. The molecule has 1 saturated heterocycles. The maximum atomic E-state index is 14.0. The van der Waals surface area contributed by atoms with Crippen LogP contribution < -0.4 is 4.90 Å². The average molecular weight is 346 g/mol. The molecule has 0 unspecified atom stereocenters. The van der Waals surface area contributed by atoms with E-state index in [2.05, 4.69) is 29.9 Å². The molecule has 8 heteroatoms. The Morgan fingerprint density at radius 1 is 1.36 bits per heavy atom. The van der Waals surface area contributed by atoms with Gasteiger partial charge in [0, 0.05) is 45.2 Å². The number of alkyl halides is 1. The van der Waals surface area contributed by atoms with E-state index in [-0.39, 0.29) is 6.04 Å². The van der Waals surface area contributed by atoms with Gasteiger partial charge in [0.15, 0.2) is 5.82 Å². The van der Waals surface area contributed by atoms with E-state index in [1.165, 1.54) is 12.8 Å². The standard InChI is InChI=1S/C17H23FN6O/c1-11-20-15(22-25-11)10-24-8-13(18)7-14(24)9-23(2)16-5-6-19-17(21-16)12-3-4-12/h5-6,12-14H,3-4,7-10H2,1-2H3/t13-,14-/m0/s1. The summed E-state index contributed by atoms with van der Waals surface area (Å²) in [5.74, 6) is 3.49. The predicted octanol–water partition coefficient (Wildman–Crippen LogP) is 2.09. The molecule has 2 atom stereocenters. The number of halogens is 1. The second kappa shape index (κ2) is 6.67. The monoisotopic (exact) mass is 346 g/mol. The Kier molecular flexibility index (Phi) is 4.37. The van der Waals surface area contributed by atoms with Crippen molar-refractivity contribution in [3.05, 3.63) is 29.8 Å². The molecule has 0 amide bonds. The van der Waals surface area contributed by atoms with Gasteiger partial charge in [-0.15, -0.1) is 0 Å². The molecule has 134 valence electrons. The third-order valence-electron chi connectivity index (χ3n) is 4.87. The average Bonchev–Trinajstić information content (AvgIpc) is 3.29. The molecule has 2 aromatic heterocycles. The van der Waals surface area contributed by atoms with E-state index < -0.39 is 6.17 Å². The van der Waals surface area contributed by atoms with Crippen molar-refractivity contribution >= 4 is 5.82 Å². The molecule has 25 heavy (non-hydrogen) atoms. The van der Waals surface area contributed by atoms with Crippen molar-refractivity contribution in [3.8, 4) is 0 Å². The van der Waals surface area contributed by atoms with Crippen LogP contribution in [0.2, 0.25) is 0 Å². The Morgan fingerprint density at radius 3 is 2.92 bits per heavy atom. The molecule has 7 nitrogen and oxygen atoms in total. The third-order valence-corrected chi connectivity index (χ3v) is 4.87. The van der Waals surface area contributed by atoms with Crippen LogP contribution in [-0.2, 0) is 6.54 Å². The zero-order valence-corrected chi connectivity index (χ0v) is 14.6. The van der Waals surface area contributed by atoms with Crippen molar-refractivity contribution < 1.29 is 8.91 Å². The van der Waals surface area contributed by atoms with Crippen molar-refractivity contribution in [1.82, 2.24) is 25.0 Å². The number of aromatic nitrogens is 4. The molecule has 1 aliphatic heterocycles. The van der Waals surface area contributed by atoms with Gasteiger partial charge in [0.1, 0.15) is 17.8 Å². The maximum Gasteiger partial charge on any atom is 0.223 e. The summed E-state index contributed by atoms with van der Waals surface area (Å²) in [6.07, 6.45) is 3.87. The number of likely N-dealkylation sites (N-methyl/N-ethyl adjacent to an activating group) is 1. The lowest BCUT2D eigenvalue weighted by Crippen LogP contribution is -2.39. The molecule has 0 spiro atoms.